The van der Waals surface area contributed by atoms with E-state index in [2.05, 4.69) is 15.5 Å². The average molecular weight is 239 g/mol. The Balaban J connectivity index is 1.75. The van der Waals surface area contributed by atoms with Crippen molar-refractivity contribution in [3.8, 4) is 0 Å². The first-order chi connectivity index (χ1) is 7.88. The summed E-state index contributed by atoms with van der Waals surface area (Å²) in [6.07, 6.45) is 9.63. The molecule has 3 nitrogen and oxygen atoms in total. The standard InChI is InChI=1S/C12H21N3S/c1-13-9-12-15-14-11(16-12)8-7-10-5-3-2-4-6-10/h10,13H,2-9H2,1H3. The lowest BCUT2D eigenvalue weighted by molar-refractivity contribution is 0.339. The smallest absolute Gasteiger partial charge is 0.131 e. The Hall–Kier alpha value is -0.480. The molecule has 1 aromatic heterocycles. The molecular formula is C12H21N3S. The zero-order chi connectivity index (χ0) is 11.2. The van der Waals surface area contributed by atoms with E-state index in [1.54, 1.807) is 11.3 Å². The molecule has 0 radical (unpaired) electrons. The van der Waals surface area contributed by atoms with Gasteiger partial charge in [0.2, 0.25) is 0 Å². The molecule has 1 heterocycles. The molecule has 0 aliphatic heterocycles. The van der Waals surface area contributed by atoms with Crippen LogP contribution in [0.1, 0.15) is 48.5 Å². The molecule has 16 heavy (non-hydrogen) atoms. The normalized spacial score (nSPS) is 17.8. The molecule has 2 rings (SSSR count). The van der Waals surface area contributed by atoms with Crippen LogP contribution in [0.5, 0.6) is 0 Å². The maximum atomic E-state index is 4.25. The lowest BCUT2D eigenvalue weighted by Crippen LogP contribution is -2.07. The quantitative estimate of drug-likeness (QED) is 0.858. The second-order valence-electron chi connectivity index (χ2n) is 4.66. The Labute approximate surface area is 102 Å². The Morgan fingerprint density at radius 2 is 1.94 bits per heavy atom. The number of aromatic nitrogens is 2. The van der Waals surface area contributed by atoms with E-state index in [9.17, 15) is 0 Å². The highest BCUT2D eigenvalue weighted by Gasteiger charge is 2.14. The molecular weight excluding hydrogens is 218 g/mol. The van der Waals surface area contributed by atoms with Gasteiger partial charge in [0.25, 0.3) is 0 Å². The average Bonchev–Trinajstić information content (AvgIpc) is 2.76. The van der Waals surface area contributed by atoms with Crippen molar-refractivity contribution in [1.82, 2.24) is 15.5 Å². The van der Waals surface area contributed by atoms with Gasteiger partial charge >= 0.3 is 0 Å². The van der Waals surface area contributed by atoms with Crippen molar-refractivity contribution in [3.63, 3.8) is 0 Å². The number of hydrogen-bond donors (Lipinski definition) is 1. The topological polar surface area (TPSA) is 37.8 Å². The third-order valence-corrected chi connectivity index (χ3v) is 4.31. The zero-order valence-electron chi connectivity index (χ0n) is 10.0. The highest BCUT2D eigenvalue weighted by molar-refractivity contribution is 7.11. The maximum Gasteiger partial charge on any atom is 0.131 e. The summed E-state index contributed by atoms with van der Waals surface area (Å²) in [5, 5.41) is 13.9. The second kappa shape index (κ2) is 6.30. The first-order valence-electron chi connectivity index (χ1n) is 6.34. The highest BCUT2D eigenvalue weighted by Crippen LogP contribution is 2.27. The number of hydrogen-bond acceptors (Lipinski definition) is 4. The van der Waals surface area contributed by atoms with Gasteiger partial charge < -0.3 is 5.32 Å². The maximum absolute atomic E-state index is 4.25. The van der Waals surface area contributed by atoms with E-state index in [1.165, 1.54) is 43.5 Å². The summed E-state index contributed by atoms with van der Waals surface area (Å²) in [7, 11) is 1.95. The van der Waals surface area contributed by atoms with Crippen molar-refractivity contribution in [1.29, 1.82) is 0 Å². The van der Waals surface area contributed by atoms with Gasteiger partial charge in [0.1, 0.15) is 10.0 Å². The fourth-order valence-electron chi connectivity index (χ4n) is 2.42. The summed E-state index contributed by atoms with van der Waals surface area (Å²) in [5.74, 6) is 0.949. The minimum atomic E-state index is 0.848. The molecule has 0 atom stereocenters. The Morgan fingerprint density at radius 1 is 1.19 bits per heavy atom. The molecule has 1 N–H and O–H groups in total. The van der Waals surface area contributed by atoms with E-state index in [-0.39, 0.29) is 0 Å². The molecule has 0 bridgehead atoms. The van der Waals surface area contributed by atoms with E-state index in [0.29, 0.717) is 0 Å². The molecule has 0 amide bonds. The summed E-state index contributed by atoms with van der Waals surface area (Å²) in [6.45, 7) is 0.848. The second-order valence-corrected chi connectivity index (χ2v) is 5.81. The molecule has 1 fully saturated rings. The van der Waals surface area contributed by atoms with Gasteiger partial charge in [0.05, 0.1) is 0 Å². The largest absolute Gasteiger partial charge is 0.313 e. The first-order valence-corrected chi connectivity index (χ1v) is 7.16. The van der Waals surface area contributed by atoms with Crippen molar-refractivity contribution < 1.29 is 0 Å². The molecule has 4 heteroatoms. The SMILES string of the molecule is CNCc1nnc(CCC2CCCCC2)s1. The van der Waals surface area contributed by atoms with Crippen LogP contribution in [-0.4, -0.2) is 17.2 Å². The van der Waals surface area contributed by atoms with Crippen molar-refractivity contribution in [2.24, 2.45) is 5.92 Å². The van der Waals surface area contributed by atoms with Crippen molar-refractivity contribution in [2.45, 2.75) is 51.5 Å². The lowest BCUT2D eigenvalue weighted by Gasteiger charge is -2.20. The molecule has 0 spiro atoms. The first kappa shape index (κ1) is 12.0. The minimum absolute atomic E-state index is 0.848. The molecule has 0 saturated heterocycles. The number of nitrogens with zero attached hydrogens (tertiary/aromatic N) is 2. The predicted molar refractivity (Wildman–Crippen MR) is 67.6 cm³/mol. The number of aryl methyl sites for hydroxylation is 1. The predicted octanol–water partition coefficient (Wildman–Crippen LogP) is 2.77. The Bertz CT molecular complexity index is 305. The third-order valence-electron chi connectivity index (χ3n) is 3.33. The number of nitrogens with one attached hydrogen (secondary N) is 1. The Morgan fingerprint density at radius 3 is 2.69 bits per heavy atom. The van der Waals surface area contributed by atoms with Gasteiger partial charge in [-0.15, -0.1) is 21.5 Å². The van der Waals surface area contributed by atoms with Gasteiger partial charge in [-0.2, -0.15) is 0 Å². The van der Waals surface area contributed by atoms with Crippen LogP contribution >= 0.6 is 11.3 Å². The van der Waals surface area contributed by atoms with Gasteiger partial charge in [-0.3, -0.25) is 0 Å². The zero-order valence-corrected chi connectivity index (χ0v) is 10.9. The summed E-state index contributed by atoms with van der Waals surface area (Å²) >= 11 is 1.76. The van der Waals surface area contributed by atoms with Crippen LogP contribution in [0.2, 0.25) is 0 Å². The van der Waals surface area contributed by atoms with Gasteiger partial charge in [-0.05, 0) is 19.4 Å². The van der Waals surface area contributed by atoms with Gasteiger partial charge in [-0.25, -0.2) is 0 Å². The molecule has 0 aromatic carbocycles. The molecule has 1 aromatic rings. The summed E-state index contributed by atoms with van der Waals surface area (Å²) in [4.78, 5) is 0. The third kappa shape index (κ3) is 3.52. The molecule has 90 valence electrons. The van der Waals surface area contributed by atoms with Crippen LogP contribution in [0, 0.1) is 5.92 Å². The molecule has 1 aliphatic rings. The highest BCUT2D eigenvalue weighted by atomic mass is 32.1. The van der Waals surface area contributed by atoms with E-state index < -0.39 is 0 Å². The Kier molecular flexibility index (Phi) is 4.72. The summed E-state index contributed by atoms with van der Waals surface area (Å²) in [5.41, 5.74) is 0. The molecule has 0 unspecified atom stereocenters. The van der Waals surface area contributed by atoms with Crippen LogP contribution in [0.15, 0.2) is 0 Å². The van der Waals surface area contributed by atoms with E-state index in [4.69, 9.17) is 0 Å². The van der Waals surface area contributed by atoms with Gasteiger partial charge in [0, 0.05) is 13.0 Å². The lowest BCUT2D eigenvalue weighted by atomic mass is 9.86. The van der Waals surface area contributed by atoms with Crippen molar-refractivity contribution in [3.05, 3.63) is 10.0 Å². The van der Waals surface area contributed by atoms with E-state index in [0.717, 1.165) is 23.9 Å². The summed E-state index contributed by atoms with van der Waals surface area (Å²) < 4.78 is 0. The molecule has 1 aliphatic carbocycles. The van der Waals surface area contributed by atoms with Crippen LogP contribution in [0.25, 0.3) is 0 Å². The fraction of sp³-hybridized carbons (Fsp3) is 0.833. The van der Waals surface area contributed by atoms with Crippen LogP contribution < -0.4 is 5.32 Å². The number of rotatable bonds is 5. The van der Waals surface area contributed by atoms with Crippen LogP contribution in [-0.2, 0) is 13.0 Å². The van der Waals surface area contributed by atoms with Crippen molar-refractivity contribution >= 4 is 11.3 Å². The monoisotopic (exact) mass is 239 g/mol. The minimum Gasteiger partial charge on any atom is -0.313 e. The van der Waals surface area contributed by atoms with E-state index >= 15 is 0 Å². The van der Waals surface area contributed by atoms with Gasteiger partial charge in [0.15, 0.2) is 0 Å². The molecule has 1 saturated carbocycles. The van der Waals surface area contributed by atoms with Crippen LogP contribution in [0.4, 0.5) is 0 Å². The van der Waals surface area contributed by atoms with Crippen LogP contribution in [0.3, 0.4) is 0 Å². The van der Waals surface area contributed by atoms with Crippen molar-refractivity contribution in [2.75, 3.05) is 7.05 Å². The van der Waals surface area contributed by atoms with E-state index in [1.807, 2.05) is 7.05 Å². The fourth-order valence-corrected chi connectivity index (χ4v) is 3.29. The van der Waals surface area contributed by atoms with Gasteiger partial charge in [-0.1, -0.05) is 32.1 Å². The summed E-state index contributed by atoms with van der Waals surface area (Å²) in [6, 6.07) is 0.